The van der Waals surface area contributed by atoms with Gasteiger partial charge in [0.2, 0.25) is 0 Å². The van der Waals surface area contributed by atoms with Crippen LogP contribution in [0.5, 0.6) is 0 Å². The van der Waals surface area contributed by atoms with Gasteiger partial charge in [-0.3, -0.25) is 0 Å². The molecule has 0 fully saturated rings. The van der Waals surface area contributed by atoms with Crippen LogP contribution in [0.25, 0.3) is 0 Å². The van der Waals surface area contributed by atoms with Crippen molar-refractivity contribution in [3.05, 3.63) is 0 Å². The molecule has 122 valence electrons. The highest BCUT2D eigenvalue weighted by atomic mass is 16.7. The van der Waals surface area contributed by atoms with Gasteiger partial charge in [-0.1, -0.05) is 19.0 Å². The van der Waals surface area contributed by atoms with Gasteiger partial charge in [0.05, 0.1) is 6.04 Å². The lowest BCUT2D eigenvalue weighted by atomic mass is 9.99. The van der Waals surface area contributed by atoms with Gasteiger partial charge < -0.3 is 25.7 Å². The number of rotatable bonds is 5. The van der Waals surface area contributed by atoms with Gasteiger partial charge in [0, 0.05) is 0 Å². The molecule has 0 radical (unpaired) electrons. The molecule has 0 aromatic carbocycles. The van der Waals surface area contributed by atoms with Crippen molar-refractivity contribution < 1.29 is 24.3 Å². The number of nitrogens with zero attached hydrogens (tertiary/aromatic N) is 1. The third-order valence-electron chi connectivity index (χ3n) is 2.26. The number of aliphatic hydroxyl groups excluding tert-OH is 1. The second-order valence-electron chi connectivity index (χ2n) is 6.00. The van der Waals surface area contributed by atoms with Crippen molar-refractivity contribution in [2.75, 3.05) is 0 Å². The Labute approximate surface area is 124 Å². The van der Waals surface area contributed by atoms with Crippen LogP contribution in [0.1, 0.15) is 41.5 Å². The zero-order chi connectivity index (χ0) is 16.8. The Morgan fingerprint density at radius 2 is 1.81 bits per heavy atom. The maximum absolute atomic E-state index is 11.7. The van der Waals surface area contributed by atoms with E-state index in [9.17, 15) is 14.7 Å². The van der Waals surface area contributed by atoms with Crippen LogP contribution < -0.4 is 11.1 Å². The van der Waals surface area contributed by atoms with Crippen LogP contribution in [0.4, 0.5) is 4.79 Å². The standard InChI is InChI=1S/C13H25N3O5/c1-7(2)9(15-12(19)20-13(4,5)6)10(17)11(18)21-16-8(3)14/h7,9-10,17H,1-6H3,(H2,14,16)(H,15,19). The van der Waals surface area contributed by atoms with E-state index in [4.69, 9.17) is 10.5 Å². The molecule has 0 bridgehead atoms. The Morgan fingerprint density at radius 3 is 2.19 bits per heavy atom. The predicted molar refractivity (Wildman–Crippen MR) is 77.4 cm³/mol. The van der Waals surface area contributed by atoms with E-state index in [2.05, 4.69) is 15.3 Å². The largest absolute Gasteiger partial charge is 0.444 e. The molecule has 2 atom stereocenters. The predicted octanol–water partition coefficient (Wildman–Crippen LogP) is 0.732. The van der Waals surface area contributed by atoms with Crippen LogP contribution in [0.2, 0.25) is 0 Å². The van der Waals surface area contributed by atoms with Gasteiger partial charge in [0.1, 0.15) is 11.4 Å². The summed E-state index contributed by atoms with van der Waals surface area (Å²) in [5.41, 5.74) is 4.55. The summed E-state index contributed by atoms with van der Waals surface area (Å²) in [6, 6.07) is -0.874. The van der Waals surface area contributed by atoms with Gasteiger partial charge >= 0.3 is 12.1 Å². The number of amides is 1. The van der Waals surface area contributed by atoms with Gasteiger partial charge in [0.25, 0.3) is 0 Å². The summed E-state index contributed by atoms with van der Waals surface area (Å²) in [4.78, 5) is 27.8. The van der Waals surface area contributed by atoms with Crippen LogP contribution in [0.3, 0.4) is 0 Å². The molecule has 21 heavy (non-hydrogen) atoms. The number of hydrogen-bond acceptors (Lipinski definition) is 6. The van der Waals surface area contributed by atoms with Gasteiger partial charge in [-0.2, -0.15) is 0 Å². The number of oxime groups is 1. The van der Waals surface area contributed by atoms with Crippen molar-refractivity contribution in [3.8, 4) is 0 Å². The second-order valence-corrected chi connectivity index (χ2v) is 6.00. The van der Waals surface area contributed by atoms with Gasteiger partial charge in [0.15, 0.2) is 6.10 Å². The minimum atomic E-state index is -1.58. The maximum atomic E-state index is 11.7. The van der Waals surface area contributed by atoms with Crippen LogP contribution in [-0.2, 0) is 14.4 Å². The SMILES string of the molecule is CC(N)=NOC(=O)C(O)C(NC(=O)OC(C)(C)C)C(C)C. The van der Waals surface area contributed by atoms with E-state index in [0.717, 1.165) is 0 Å². The number of nitrogens with one attached hydrogen (secondary N) is 1. The average molecular weight is 303 g/mol. The van der Waals surface area contributed by atoms with Crippen molar-refractivity contribution in [3.63, 3.8) is 0 Å². The normalized spacial score (nSPS) is 15.3. The molecule has 0 aliphatic rings. The lowest BCUT2D eigenvalue weighted by molar-refractivity contribution is -0.155. The first-order valence-corrected chi connectivity index (χ1v) is 6.62. The van der Waals surface area contributed by atoms with E-state index in [1.807, 2.05) is 0 Å². The summed E-state index contributed by atoms with van der Waals surface area (Å²) in [6.07, 6.45) is -2.31. The topological polar surface area (TPSA) is 123 Å². The molecule has 8 heteroatoms. The molecule has 0 aliphatic carbocycles. The van der Waals surface area contributed by atoms with Crippen molar-refractivity contribution >= 4 is 17.9 Å². The number of hydrogen-bond donors (Lipinski definition) is 3. The number of aliphatic hydroxyl groups is 1. The monoisotopic (exact) mass is 303 g/mol. The molecule has 4 N–H and O–H groups in total. The summed E-state index contributed by atoms with van der Waals surface area (Å²) in [5, 5.41) is 15.7. The summed E-state index contributed by atoms with van der Waals surface area (Å²) in [7, 11) is 0. The summed E-state index contributed by atoms with van der Waals surface area (Å²) in [6.45, 7) is 10.0. The number of ether oxygens (including phenoxy) is 1. The van der Waals surface area contributed by atoms with Crippen molar-refractivity contribution in [1.29, 1.82) is 0 Å². The number of alkyl carbamates (subject to hydrolysis) is 1. The first kappa shape index (κ1) is 19.2. The van der Waals surface area contributed by atoms with E-state index in [1.54, 1.807) is 34.6 Å². The highest BCUT2D eigenvalue weighted by molar-refractivity contribution is 5.80. The fourth-order valence-corrected chi connectivity index (χ4v) is 1.37. The molecular formula is C13H25N3O5. The van der Waals surface area contributed by atoms with E-state index < -0.39 is 29.8 Å². The minimum Gasteiger partial charge on any atom is -0.444 e. The van der Waals surface area contributed by atoms with Crippen LogP contribution >= 0.6 is 0 Å². The Hall–Kier alpha value is -1.83. The molecule has 0 rings (SSSR count). The molecule has 0 saturated heterocycles. The fraction of sp³-hybridized carbons (Fsp3) is 0.769. The van der Waals surface area contributed by atoms with E-state index >= 15 is 0 Å². The molecule has 8 nitrogen and oxygen atoms in total. The Morgan fingerprint density at radius 1 is 1.29 bits per heavy atom. The number of carbonyl (C=O) groups is 2. The summed E-state index contributed by atoms with van der Waals surface area (Å²) in [5.74, 6) is -1.20. The molecule has 0 spiro atoms. The number of carbonyl (C=O) groups excluding carboxylic acids is 2. The molecule has 1 amide bonds. The van der Waals surface area contributed by atoms with Crippen LogP contribution in [0, 0.1) is 5.92 Å². The molecule has 0 saturated carbocycles. The van der Waals surface area contributed by atoms with E-state index in [1.165, 1.54) is 6.92 Å². The van der Waals surface area contributed by atoms with Crippen molar-refractivity contribution in [2.24, 2.45) is 16.8 Å². The van der Waals surface area contributed by atoms with Crippen LogP contribution in [0.15, 0.2) is 5.16 Å². The molecule has 0 aliphatic heterocycles. The zero-order valence-corrected chi connectivity index (χ0v) is 13.3. The maximum Gasteiger partial charge on any atom is 0.407 e. The molecule has 2 unspecified atom stereocenters. The van der Waals surface area contributed by atoms with Crippen LogP contribution in [-0.4, -0.2) is 40.8 Å². The number of nitrogens with two attached hydrogens (primary N) is 1. The summed E-state index contributed by atoms with van der Waals surface area (Å²) < 4.78 is 5.09. The summed E-state index contributed by atoms with van der Waals surface area (Å²) >= 11 is 0. The third kappa shape index (κ3) is 8.13. The second kappa shape index (κ2) is 7.82. The Bertz CT molecular complexity index is 397. The van der Waals surface area contributed by atoms with Crippen molar-refractivity contribution in [2.45, 2.75) is 59.3 Å². The lowest BCUT2D eigenvalue weighted by Gasteiger charge is -2.27. The zero-order valence-electron chi connectivity index (χ0n) is 13.3. The first-order valence-electron chi connectivity index (χ1n) is 6.62. The quantitative estimate of drug-likeness (QED) is 0.298. The molecular weight excluding hydrogens is 278 g/mol. The highest BCUT2D eigenvalue weighted by Crippen LogP contribution is 2.12. The average Bonchev–Trinajstić information content (AvgIpc) is 2.29. The lowest BCUT2D eigenvalue weighted by Crippen LogP contribution is -2.51. The van der Waals surface area contributed by atoms with Gasteiger partial charge in [-0.15, -0.1) is 0 Å². The van der Waals surface area contributed by atoms with E-state index in [0.29, 0.717) is 0 Å². The van der Waals surface area contributed by atoms with E-state index in [-0.39, 0.29) is 11.8 Å². The Balaban J connectivity index is 4.78. The molecule has 0 aromatic heterocycles. The molecule has 0 heterocycles. The minimum absolute atomic E-state index is 0.0387. The number of amidine groups is 1. The fourth-order valence-electron chi connectivity index (χ4n) is 1.37. The first-order chi connectivity index (χ1) is 9.44. The molecule has 0 aromatic rings. The highest BCUT2D eigenvalue weighted by Gasteiger charge is 2.33. The van der Waals surface area contributed by atoms with Gasteiger partial charge in [-0.05, 0) is 33.6 Å². The third-order valence-corrected chi connectivity index (χ3v) is 2.26. The van der Waals surface area contributed by atoms with Gasteiger partial charge in [-0.25, -0.2) is 9.59 Å². The Kier molecular flexibility index (Phi) is 7.14. The van der Waals surface area contributed by atoms with Crippen molar-refractivity contribution in [1.82, 2.24) is 5.32 Å². The smallest absolute Gasteiger partial charge is 0.407 e.